The second kappa shape index (κ2) is 6.47. The zero-order valence-electron chi connectivity index (χ0n) is 10.5. The van der Waals surface area contributed by atoms with Crippen molar-refractivity contribution in [1.29, 1.82) is 0 Å². The van der Waals surface area contributed by atoms with Crippen LogP contribution in [0.25, 0.3) is 0 Å². The molecule has 1 rings (SSSR count). The van der Waals surface area contributed by atoms with Crippen LogP contribution in [-0.2, 0) is 4.79 Å². The Kier molecular flexibility index (Phi) is 5.25. The van der Waals surface area contributed by atoms with E-state index >= 15 is 0 Å². The van der Waals surface area contributed by atoms with Crippen molar-refractivity contribution in [2.24, 2.45) is 5.92 Å². The van der Waals surface area contributed by atoms with Crippen LogP contribution in [0.2, 0.25) is 0 Å². The van der Waals surface area contributed by atoms with E-state index in [2.05, 4.69) is 17.6 Å². The molecule has 0 radical (unpaired) electrons. The van der Waals surface area contributed by atoms with Crippen molar-refractivity contribution in [1.82, 2.24) is 10.6 Å². The fourth-order valence-corrected chi connectivity index (χ4v) is 2.35. The normalized spacial score (nSPS) is 26.0. The summed E-state index contributed by atoms with van der Waals surface area (Å²) >= 11 is 0. The third kappa shape index (κ3) is 4.24. The Bertz CT molecular complexity index is 281. The van der Waals surface area contributed by atoms with Gasteiger partial charge < -0.3 is 15.7 Å². The zero-order valence-corrected chi connectivity index (χ0v) is 10.5. The monoisotopic (exact) mass is 242 g/mol. The van der Waals surface area contributed by atoms with Gasteiger partial charge in [0.05, 0.1) is 0 Å². The Morgan fingerprint density at radius 1 is 1.35 bits per heavy atom. The molecule has 98 valence electrons. The Morgan fingerprint density at radius 3 is 2.59 bits per heavy atom. The van der Waals surface area contributed by atoms with Crippen LogP contribution >= 0.6 is 0 Å². The van der Waals surface area contributed by atoms with E-state index in [4.69, 9.17) is 5.11 Å². The van der Waals surface area contributed by atoms with Gasteiger partial charge in [-0.15, -0.1) is 0 Å². The van der Waals surface area contributed by atoms with E-state index < -0.39 is 12.0 Å². The average molecular weight is 242 g/mol. The molecule has 1 fully saturated rings. The Morgan fingerprint density at radius 2 is 2.00 bits per heavy atom. The van der Waals surface area contributed by atoms with Gasteiger partial charge in [-0.2, -0.15) is 0 Å². The number of aliphatic carboxylic acids is 1. The minimum Gasteiger partial charge on any atom is -0.480 e. The van der Waals surface area contributed by atoms with Crippen molar-refractivity contribution >= 4 is 12.0 Å². The number of amides is 2. The Balaban J connectivity index is 2.41. The first-order valence-corrected chi connectivity index (χ1v) is 6.34. The molecule has 5 nitrogen and oxygen atoms in total. The average Bonchev–Trinajstić information content (AvgIpc) is 2.29. The summed E-state index contributed by atoms with van der Waals surface area (Å²) in [7, 11) is 0. The van der Waals surface area contributed by atoms with Gasteiger partial charge in [0.25, 0.3) is 0 Å². The number of hydrogen-bond acceptors (Lipinski definition) is 2. The molecule has 1 aliphatic carbocycles. The first-order valence-electron chi connectivity index (χ1n) is 6.34. The molecule has 0 heterocycles. The van der Waals surface area contributed by atoms with Crippen LogP contribution in [0.1, 0.15) is 46.0 Å². The van der Waals surface area contributed by atoms with Crippen LogP contribution < -0.4 is 10.6 Å². The second-order valence-electron chi connectivity index (χ2n) is 4.74. The van der Waals surface area contributed by atoms with Gasteiger partial charge in [0, 0.05) is 6.04 Å². The number of carboxylic acid groups (broad SMARTS) is 1. The topological polar surface area (TPSA) is 78.4 Å². The summed E-state index contributed by atoms with van der Waals surface area (Å²) in [4.78, 5) is 22.2. The van der Waals surface area contributed by atoms with Gasteiger partial charge in [0.2, 0.25) is 0 Å². The largest absolute Gasteiger partial charge is 0.480 e. The molecule has 1 aliphatic rings. The first kappa shape index (κ1) is 13.8. The molecule has 0 aromatic heterocycles. The van der Waals surface area contributed by atoms with E-state index in [1.807, 2.05) is 0 Å². The molecule has 0 bridgehead atoms. The summed E-state index contributed by atoms with van der Waals surface area (Å²) < 4.78 is 0. The maximum Gasteiger partial charge on any atom is 0.325 e. The summed E-state index contributed by atoms with van der Waals surface area (Å²) in [5.41, 5.74) is 0. The van der Waals surface area contributed by atoms with Crippen molar-refractivity contribution in [2.75, 3.05) is 0 Å². The van der Waals surface area contributed by atoms with Crippen LogP contribution in [0.5, 0.6) is 0 Å². The molecule has 1 saturated carbocycles. The van der Waals surface area contributed by atoms with Gasteiger partial charge in [0.1, 0.15) is 6.04 Å². The molecular weight excluding hydrogens is 220 g/mol. The quantitative estimate of drug-likeness (QED) is 0.702. The van der Waals surface area contributed by atoms with E-state index in [1.165, 1.54) is 13.3 Å². The molecule has 3 N–H and O–H groups in total. The molecule has 0 aromatic rings. The molecule has 2 amide bonds. The van der Waals surface area contributed by atoms with Gasteiger partial charge in [-0.05, 0) is 25.7 Å². The highest BCUT2D eigenvalue weighted by Crippen LogP contribution is 2.26. The third-order valence-electron chi connectivity index (χ3n) is 3.47. The smallest absolute Gasteiger partial charge is 0.325 e. The number of rotatable bonds is 4. The molecule has 0 saturated heterocycles. The number of urea groups is 1. The lowest BCUT2D eigenvalue weighted by molar-refractivity contribution is -0.138. The minimum atomic E-state index is -1.02. The molecule has 3 atom stereocenters. The Hall–Kier alpha value is -1.26. The second-order valence-corrected chi connectivity index (χ2v) is 4.74. The summed E-state index contributed by atoms with van der Waals surface area (Å²) in [6.07, 6.45) is 5.56. The van der Waals surface area contributed by atoms with Gasteiger partial charge >= 0.3 is 12.0 Å². The van der Waals surface area contributed by atoms with E-state index in [0.29, 0.717) is 5.92 Å². The van der Waals surface area contributed by atoms with Crippen LogP contribution in [0.15, 0.2) is 0 Å². The maximum atomic E-state index is 11.6. The Labute approximate surface area is 102 Å². The van der Waals surface area contributed by atoms with Crippen molar-refractivity contribution < 1.29 is 14.7 Å². The van der Waals surface area contributed by atoms with Crippen LogP contribution in [0.3, 0.4) is 0 Å². The fourth-order valence-electron chi connectivity index (χ4n) is 2.35. The highest BCUT2D eigenvalue weighted by Gasteiger charge is 2.25. The lowest BCUT2D eigenvalue weighted by Crippen LogP contribution is -2.50. The summed E-state index contributed by atoms with van der Waals surface area (Å²) in [6, 6.07) is -1.03. The number of hydrogen-bond donors (Lipinski definition) is 3. The van der Waals surface area contributed by atoms with Gasteiger partial charge in [-0.1, -0.05) is 26.2 Å². The van der Waals surface area contributed by atoms with Crippen molar-refractivity contribution in [3.8, 4) is 0 Å². The third-order valence-corrected chi connectivity index (χ3v) is 3.47. The lowest BCUT2D eigenvalue weighted by atomic mass is 9.83. The van der Waals surface area contributed by atoms with E-state index in [1.54, 1.807) is 0 Å². The molecule has 2 unspecified atom stereocenters. The van der Waals surface area contributed by atoms with Crippen molar-refractivity contribution in [3.05, 3.63) is 0 Å². The van der Waals surface area contributed by atoms with Crippen molar-refractivity contribution in [3.63, 3.8) is 0 Å². The SMILES string of the molecule is CCC1CCCCC1NC(=O)N[C@@H](C)C(=O)O. The number of carbonyl (C=O) groups excluding carboxylic acids is 1. The molecule has 0 aromatic carbocycles. The van der Waals surface area contributed by atoms with Gasteiger partial charge in [-0.3, -0.25) is 4.79 Å². The van der Waals surface area contributed by atoms with Gasteiger partial charge in [0.15, 0.2) is 0 Å². The summed E-state index contributed by atoms with van der Waals surface area (Å²) in [6.45, 7) is 3.59. The predicted octanol–water partition coefficient (Wildman–Crippen LogP) is 1.73. The fraction of sp³-hybridized carbons (Fsp3) is 0.833. The zero-order chi connectivity index (χ0) is 12.8. The van der Waals surface area contributed by atoms with E-state index in [-0.39, 0.29) is 12.1 Å². The molecule has 0 spiro atoms. The number of carboxylic acids is 1. The van der Waals surface area contributed by atoms with Crippen LogP contribution in [-0.4, -0.2) is 29.2 Å². The number of nitrogens with one attached hydrogen (secondary N) is 2. The molecule has 5 heteroatoms. The minimum absolute atomic E-state index is 0.190. The summed E-state index contributed by atoms with van der Waals surface area (Å²) in [5.74, 6) is -0.495. The van der Waals surface area contributed by atoms with E-state index in [9.17, 15) is 9.59 Å². The maximum absolute atomic E-state index is 11.6. The molecular formula is C12H22N2O3. The molecule has 0 aliphatic heterocycles. The summed E-state index contributed by atoms with van der Waals surface area (Å²) in [5, 5.41) is 14.0. The lowest BCUT2D eigenvalue weighted by Gasteiger charge is -2.31. The molecule has 17 heavy (non-hydrogen) atoms. The highest BCUT2D eigenvalue weighted by atomic mass is 16.4. The van der Waals surface area contributed by atoms with E-state index in [0.717, 1.165) is 25.7 Å². The van der Waals surface area contributed by atoms with Gasteiger partial charge in [-0.25, -0.2) is 4.79 Å². The first-order chi connectivity index (χ1) is 8.04. The standard InChI is InChI=1S/C12H22N2O3/c1-3-9-6-4-5-7-10(9)14-12(17)13-8(2)11(15)16/h8-10H,3-7H2,1-2H3,(H,15,16)(H2,13,14,17)/t8-,9?,10?/m0/s1. The van der Waals surface area contributed by atoms with Crippen LogP contribution in [0, 0.1) is 5.92 Å². The van der Waals surface area contributed by atoms with Crippen molar-refractivity contribution in [2.45, 2.75) is 58.0 Å². The highest BCUT2D eigenvalue weighted by molar-refractivity contribution is 5.82. The predicted molar refractivity (Wildman–Crippen MR) is 64.8 cm³/mol. The van der Waals surface area contributed by atoms with Crippen LogP contribution in [0.4, 0.5) is 4.79 Å². The number of carbonyl (C=O) groups is 2.